The Kier molecular flexibility index (Phi) is 5.62. The van der Waals surface area contributed by atoms with Crippen LogP contribution < -0.4 is 10.6 Å². The summed E-state index contributed by atoms with van der Waals surface area (Å²) in [6.45, 7) is 4.00. The molecular formula is C13H16N4O3. The molecule has 0 saturated carbocycles. The van der Waals surface area contributed by atoms with Crippen LogP contribution in [0.3, 0.4) is 0 Å². The standard InChI is InChI=1S/C13H16N4O3/c1-3-9(2)15-8-13(18)16-11-5-4-10(7-14)6-12(11)17(19)20/h4-6,9,15H,3,8H2,1-2H3,(H,16,18). The molecule has 0 bridgehead atoms. The maximum atomic E-state index is 11.7. The zero-order valence-corrected chi connectivity index (χ0v) is 11.3. The number of amides is 1. The molecule has 0 aromatic heterocycles. The van der Waals surface area contributed by atoms with Crippen molar-refractivity contribution in [2.75, 3.05) is 11.9 Å². The number of benzene rings is 1. The number of nitrogens with one attached hydrogen (secondary N) is 2. The summed E-state index contributed by atoms with van der Waals surface area (Å²) in [5, 5.41) is 25.1. The molecule has 0 aliphatic rings. The molecule has 106 valence electrons. The lowest BCUT2D eigenvalue weighted by Crippen LogP contribution is -2.34. The number of hydrogen-bond acceptors (Lipinski definition) is 5. The van der Waals surface area contributed by atoms with Crippen LogP contribution in [-0.4, -0.2) is 23.4 Å². The van der Waals surface area contributed by atoms with Crippen LogP contribution >= 0.6 is 0 Å². The average molecular weight is 276 g/mol. The van der Waals surface area contributed by atoms with Crippen LogP contribution in [0, 0.1) is 21.4 Å². The molecule has 0 radical (unpaired) electrons. The van der Waals surface area contributed by atoms with Gasteiger partial charge in [0.25, 0.3) is 5.69 Å². The number of rotatable bonds is 6. The molecule has 7 heteroatoms. The third kappa shape index (κ3) is 4.33. The molecule has 2 N–H and O–H groups in total. The van der Waals surface area contributed by atoms with Crippen molar-refractivity contribution in [1.82, 2.24) is 5.32 Å². The molecule has 1 amide bonds. The minimum atomic E-state index is -0.626. The van der Waals surface area contributed by atoms with Crippen molar-refractivity contribution in [1.29, 1.82) is 5.26 Å². The summed E-state index contributed by atoms with van der Waals surface area (Å²) in [6, 6.07) is 5.93. The molecule has 0 spiro atoms. The quantitative estimate of drug-likeness (QED) is 0.608. The lowest BCUT2D eigenvalue weighted by molar-refractivity contribution is -0.383. The van der Waals surface area contributed by atoms with Crippen LogP contribution in [-0.2, 0) is 4.79 Å². The summed E-state index contributed by atoms with van der Waals surface area (Å²) < 4.78 is 0. The van der Waals surface area contributed by atoms with E-state index in [-0.39, 0.29) is 35.4 Å². The minimum absolute atomic E-state index is 0.0756. The number of nitriles is 1. The smallest absolute Gasteiger partial charge is 0.294 e. The lowest BCUT2D eigenvalue weighted by Gasteiger charge is -2.11. The van der Waals surface area contributed by atoms with Gasteiger partial charge in [0.2, 0.25) is 5.91 Å². The van der Waals surface area contributed by atoms with Crippen LogP contribution in [0.4, 0.5) is 11.4 Å². The molecular weight excluding hydrogens is 260 g/mol. The van der Waals surface area contributed by atoms with Gasteiger partial charge in [0, 0.05) is 12.1 Å². The summed E-state index contributed by atoms with van der Waals surface area (Å²) in [7, 11) is 0. The van der Waals surface area contributed by atoms with E-state index in [1.165, 1.54) is 12.1 Å². The Morgan fingerprint density at radius 1 is 1.55 bits per heavy atom. The molecule has 1 aromatic rings. The van der Waals surface area contributed by atoms with E-state index >= 15 is 0 Å². The number of nitrogens with zero attached hydrogens (tertiary/aromatic N) is 2. The molecule has 1 aromatic carbocycles. The minimum Gasteiger partial charge on any atom is -0.319 e. The number of anilines is 1. The van der Waals surface area contributed by atoms with Crippen molar-refractivity contribution in [3.8, 4) is 6.07 Å². The Balaban J connectivity index is 2.79. The Hall–Kier alpha value is -2.46. The molecule has 0 fully saturated rings. The first-order chi connectivity index (χ1) is 9.47. The van der Waals surface area contributed by atoms with Gasteiger partial charge < -0.3 is 10.6 Å². The van der Waals surface area contributed by atoms with E-state index in [4.69, 9.17) is 5.26 Å². The van der Waals surface area contributed by atoms with Gasteiger partial charge in [-0.25, -0.2) is 0 Å². The van der Waals surface area contributed by atoms with Crippen LogP contribution in [0.1, 0.15) is 25.8 Å². The SMILES string of the molecule is CCC(C)NCC(=O)Nc1ccc(C#N)cc1[N+](=O)[O-]. The first kappa shape index (κ1) is 15.6. The highest BCUT2D eigenvalue weighted by Crippen LogP contribution is 2.25. The van der Waals surface area contributed by atoms with Gasteiger partial charge in [-0.3, -0.25) is 14.9 Å². The zero-order valence-electron chi connectivity index (χ0n) is 11.3. The first-order valence-electron chi connectivity index (χ1n) is 6.19. The number of carbonyl (C=O) groups is 1. The number of nitro groups is 1. The van der Waals surface area contributed by atoms with Gasteiger partial charge in [-0.15, -0.1) is 0 Å². The van der Waals surface area contributed by atoms with E-state index < -0.39 is 4.92 Å². The lowest BCUT2D eigenvalue weighted by atomic mass is 10.2. The molecule has 0 heterocycles. The van der Waals surface area contributed by atoms with Crippen molar-refractivity contribution in [2.45, 2.75) is 26.3 Å². The summed E-state index contributed by atoms with van der Waals surface area (Å²) in [5.41, 5.74) is -0.0293. The molecule has 1 rings (SSSR count). The normalized spacial score (nSPS) is 11.4. The molecule has 0 aliphatic heterocycles. The second-order valence-corrected chi connectivity index (χ2v) is 4.34. The van der Waals surface area contributed by atoms with Crippen molar-refractivity contribution in [3.63, 3.8) is 0 Å². The Bertz CT molecular complexity index is 551. The van der Waals surface area contributed by atoms with Crippen molar-refractivity contribution in [3.05, 3.63) is 33.9 Å². The fourth-order valence-corrected chi connectivity index (χ4v) is 1.46. The first-order valence-corrected chi connectivity index (χ1v) is 6.19. The van der Waals surface area contributed by atoms with E-state index in [1.54, 1.807) is 0 Å². The Morgan fingerprint density at radius 2 is 2.25 bits per heavy atom. The fourth-order valence-electron chi connectivity index (χ4n) is 1.46. The van der Waals surface area contributed by atoms with E-state index in [0.29, 0.717) is 0 Å². The van der Waals surface area contributed by atoms with Crippen molar-refractivity contribution < 1.29 is 9.72 Å². The molecule has 0 saturated heterocycles. The van der Waals surface area contributed by atoms with Crippen LogP contribution in [0.15, 0.2) is 18.2 Å². The van der Waals surface area contributed by atoms with Gasteiger partial charge in [-0.05, 0) is 25.5 Å². The van der Waals surface area contributed by atoms with E-state index in [2.05, 4.69) is 10.6 Å². The predicted octanol–water partition coefficient (Wildman–Crippen LogP) is 1.79. The topological polar surface area (TPSA) is 108 Å². The highest BCUT2D eigenvalue weighted by atomic mass is 16.6. The van der Waals surface area contributed by atoms with Gasteiger partial charge in [0.05, 0.1) is 23.1 Å². The van der Waals surface area contributed by atoms with Crippen LogP contribution in [0.2, 0.25) is 0 Å². The molecule has 0 aliphatic carbocycles. The van der Waals surface area contributed by atoms with Gasteiger partial charge in [0.1, 0.15) is 5.69 Å². The zero-order chi connectivity index (χ0) is 15.1. The van der Waals surface area contributed by atoms with Crippen molar-refractivity contribution in [2.24, 2.45) is 0 Å². The fraction of sp³-hybridized carbons (Fsp3) is 0.385. The second-order valence-electron chi connectivity index (χ2n) is 4.34. The van der Waals surface area contributed by atoms with Crippen molar-refractivity contribution >= 4 is 17.3 Å². The van der Waals surface area contributed by atoms with Crippen LogP contribution in [0.25, 0.3) is 0 Å². The van der Waals surface area contributed by atoms with Gasteiger partial charge in [-0.2, -0.15) is 5.26 Å². The summed E-state index contributed by atoms with van der Waals surface area (Å²) in [4.78, 5) is 22.0. The highest BCUT2D eigenvalue weighted by molar-refractivity contribution is 5.94. The summed E-state index contributed by atoms with van der Waals surface area (Å²) in [6.07, 6.45) is 0.879. The largest absolute Gasteiger partial charge is 0.319 e. The molecule has 1 atom stereocenters. The molecule has 1 unspecified atom stereocenters. The highest BCUT2D eigenvalue weighted by Gasteiger charge is 2.16. The average Bonchev–Trinajstić information content (AvgIpc) is 2.44. The van der Waals surface area contributed by atoms with E-state index in [1.807, 2.05) is 19.9 Å². The second kappa shape index (κ2) is 7.21. The maximum Gasteiger partial charge on any atom is 0.294 e. The van der Waals surface area contributed by atoms with Gasteiger partial charge >= 0.3 is 0 Å². The molecule has 20 heavy (non-hydrogen) atoms. The third-order valence-electron chi connectivity index (χ3n) is 2.82. The van der Waals surface area contributed by atoms with Gasteiger partial charge in [0.15, 0.2) is 0 Å². The maximum absolute atomic E-state index is 11.7. The van der Waals surface area contributed by atoms with Crippen LogP contribution in [0.5, 0.6) is 0 Å². The number of nitro benzene ring substituents is 1. The van der Waals surface area contributed by atoms with E-state index in [9.17, 15) is 14.9 Å². The number of carbonyl (C=O) groups excluding carboxylic acids is 1. The predicted molar refractivity (Wildman–Crippen MR) is 74.2 cm³/mol. The molecule has 7 nitrogen and oxygen atoms in total. The third-order valence-corrected chi connectivity index (χ3v) is 2.82. The van der Waals surface area contributed by atoms with Gasteiger partial charge in [-0.1, -0.05) is 6.92 Å². The monoisotopic (exact) mass is 276 g/mol. The summed E-state index contributed by atoms with van der Waals surface area (Å²) >= 11 is 0. The summed E-state index contributed by atoms with van der Waals surface area (Å²) in [5.74, 6) is -0.363. The Labute approximate surface area is 116 Å². The van der Waals surface area contributed by atoms with E-state index in [0.717, 1.165) is 12.5 Å². The number of hydrogen-bond donors (Lipinski definition) is 2. The Morgan fingerprint density at radius 3 is 2.80 bits per heavy atom.